The molecular formula is C20H18F3N3O4. The van der Waals surface area contributed by atoms with E-state index in [0.717, 1.165) is 21.6 Å². The molecule has 158 valence electrons. The predicted octanol–water partition coefficient (Wildman–Crippen LogP) is 3.10. The SMILES string of the molecule is CCN(CC(=O)Nc1ccccc1C(F)(F)F)C(=O)Cn1c(=O)oc2ccccc21. The minimum atomic E-state index is -4.63. The number of aromatic nitrogens is 1. The number of anilines is 1. The van der Waals surface area contributed by atoms with Crippen LogP contribution in [0.1, 0.15) is 12.5 Å². The predicted molar refractivity (Wildman–Crippen MR) is 103 cm³/mol. The monoisotopic (exact) mass is 421 g/mol. The lowest BCUT2D eigenvalue weighted by molar-refractivity contribution is -0.137. The second-order valence-corrected chi connectivity index (χ2v) is 6.42. The quantitative estimate of drug-likeness (QED) is 0.663. The number of alkyl halides is 3. The largest absolute Gasteiger partial charge is 0.420 e. The van der Waals surface area contributed by atoms with Crippen LogP contribution in [0.2, 0.25) is 0 Å². The summed E-state index contributed by atoms with van der Waals surface area (Å²) in [5, 5.41) is 2.20. The number of hydrogen-bond acceptors (Lipinski definition) is 4. The maximum absolute atomic E-state index is 13.1. The number of para-hydroxylation sites is 3. The number of rotatable bonds is 6. The highest BCUT2D eigenvalue weighted by Gasteiger charge is 2.33. The normalized spacial score (nSPS) is 11.5. The maximum atomic E-state index is 13.1. The van der Waals surface area contributed by atoms with Crippen LogP contribution < -0.4 is 11.1 Å². The van der Waals surface area contributed by atoms with Crippen molar-refractivity contribution in [1.82, 2.24) is 9.47 Å². The van der Waals surface area contributed by atoms with Gasteiger partial charge in [0.15, 0.2) is 5.58 Å². The van der Waals surface area contributed by atoms with E-state index in [1.165, 1.54) is 12.1 Å². The van der Waals surface area contributed by atoms with E-state index < -0.39 is 41.5 Å². The Morgan fingerprint density at radius 1 is 1.10 bits per heavy atom. The number of carbonyl (C=O) groups excluding carboxylic acids is 2. The second kappa shape index (κ2) is 8.44. The molecule has 0 aliphatic carbocycles. The third-order valence-electron chi connectivity index (χ3n) is 4.44. The van der Waals surface area contributed by atoms with Crippen molar-refractivity contribution in [2.24, 2.45) is 0 Å². The fourth-order valence-electron chi connectivity index (χ4n) is 2.98. The first-order chi connectivity index (χ1) is 14.2. The number of oxazole rings is 1. The van der Waals surface area contributed by atoms with E-state index in [-0.39, 0.29) is 13.1 Å². The highest BCUT2D eigenvalue weighted by atomic mass is 19.4. The minimum absolute atomic E-state index is 0.123. The molecule has 0 bridgehead atoms. The number of amides is 2. The Hall–Kier alpha value is -3.56. The standard InChI is InChI=1S/C20H18F3N3O4/c1-2-25(11-17(27)24-14-8-4-3-7-13(14)20(21,22)23)18(28)12-26-15-9-5-6-10-16(15)30-19(26)29/h3-10H,2,11-12H2,1H3,(H,24,27). The van der Waals surface area contributed by atoms with Crippen LogP contribution in [0.4, 0.5) is 18.9 Å². The lowest BCUT2D eigenvalue weighted by atomic mass is 10.1. The highest BCUT2D eigenvalue weighted by molar-refractivity contribution is 5.95. The van der Waals surface area contributed by atoms with Gasteiger partial charge in [-0.3, -0.25) is 14.2 Å². The zero-order chi connectivity index (χ0) is 21.9. The van der Waals surface area contributed by atoms with Crippen LogP contribution in [0.25, 0.3) is 11.1 Å². The van der Waals surface area contributed by atoms with Gasteiger partial charge in [0.1, 0.15) is 6.54 Å². The van der Waals surface area contributed by atoms with E-state index in [9.17, 15) is 27.6 Å². The molecule has 7 nitrogen and oxygen atoms in total. The molecule has 0 aliphatic rings. The molecule has 0 radical (unpaired) electrons. The molecule has 0 unspecified atom stereocenters. The molecule has 0 atom stereocenters. The number of fused-ring (bicyclic) bond motifs is 1. The van der Waals surface area contributed by atoms with Gasteiger partial charge in [0.25, 0.3) is 0 Å². The lowest BCUT2D eigenvalue weighted by Crippen LogP contribution is -2.40. The molecule has 2 amide bonds. The van der Waals surface area contributed by atoms with Crippen LogP contribution in [-0.4, -0.2) is 34.4 Å². The van der Waals surface area contributed by atoms with Crippen LogP contribution in [0.3, 0.4) is 0 Å². The van der Waals surface area contributed by atoms with Crippen molar-refractivity contribution in [1.29, 1.82) is 0 Å². The fourth-order valence-corrected chi connectivity index (χ4v) is 2.98. The first kappa shape index (κ1) is 21.2. The van der Waals surface area contributed by atoms with Crippen molar-refractivity contribution >= 4 is 28.6 Å². The van der Waals surface area contributed by atoms with Gasteiger partial charge in [0, 0.05) is 6.54 Å². The van der Waals surface area contributed by atoms with Crippen molar-refractivity contribution in [3.63, 3.8) is 0 Å². The van der Waals surface area contributed by atoms with E-state index in [4.69, 9.17) is 4.42 Å². The number of carbonyl (C=O) groups is 2. The topological polar surface area (TPSA) is 84.5 Å². The smallest absolute Gasteiger partial charge is 0.408 e. The molecule has 0 saturated heterocycles. The molecule has 1 aromatic heterocycles. The van der Waals surface area contributed by atoms with Gasteiger partial charge in [-0.25, -0.2) is 4.79 Å². The van der Waals surface area contributed by atoms with Crippen molar-refractivity contribution < 1.29 is 27.2 Å². The molecule has 0 fully saturated rings. The molecule has 1 N–H and O–H groups in total. The van der Waals surface area contributed by atoms with Crippen molar-refractivity contribution in [3.05, 3.63) is 64.6 Å². The molecule has 3 aromatic rings. The molecule has 30 heavy (non-hydrogen) atoms. The molecule has 10 heteroatoms. The summed E-state index contributed by atoms with van der Waals surface area (Å²) in [5.74, 6) is -2.05. The fraction of sp³-hybridized carbons (Fsp3) is 0.250. The van der Waals surface area contributed by atoms with Gasteiger partial charge >= 0.3 is 11.9 Å². The van der Waals surface area contributed by atoms with Crippen LogP contribution >= 0.6 is 0 Å². The Labute approximate surface area is 168 Å². The van der Waals surface area contributed by atoms with Crippen LogP contribution in [0.5, 0.6) is 0 Å². The molecule has 3 rings (SSSR count). The summed E-state index contributed by atoms with van der Waals surface area (Å²) in [4.78, 5) is 38.1. The van der Waals surface area contributed by atoms with E-state index in [0.29, 0.717) is 11.1 Å². The Balaban J connectivity index is 1.72. The molecule has 2 aromatic carbocycles. The highest BCUT2D eigenvalue weighted by Crippen LogP contribution is 2.34. The van der Waals surface area contributed by atoms with Crippen molar-refractivity contribution in [2.75, 3.05) is 18.4 Å². The number of hydrogen-bond donors (Lipinski definition) is 1. The van der Waals surface area contributed by atoms with Gasteiger partial charge in [-0.05, 0) is 31.2 Å². The average molecular weight is 421 g/mol. The summed E-state index contributed by atoms with van der Waals surface area (Å²) < 4.78 is 45.4. The van der Waals surface area contributed by atoms with E-state index in [1.54, 1.807) is 31.2 Å². The molecule has 0 spiro atoms. The third kappa shape index (κ3) is 4.53. The van der Waals surface area contributed by atoms with Gasteiger partial charge in [0.2, 0.25) is 11.8 Å². The number of likely N-dealkylation sites (N-methyl/N-ethyl adjacent to an activating group) is 1. The first-order valence-electron chi connectivity index (χ1n) is 9.03. The van der Waals surface area contributed by atoms with E-state index in [1.807, 2.05) is 0 Å². The van der Waals surface area contributed by atoms with E-state index in [2.05, 4.69) is 5.32 Å². The number of nitrogens with one attached hydrogen (secondary N) is 1. The zero-order valence-electron chi connectivity index (χ0n) is 15.9. The molecule has 0 aliphatic heterocycles. The van der Waals surface area contributed by atoms with Gasteiger partial charge < -0.3 is 14.6 Å². The summed E-state index contributed by atoms with van der Waals surface area (Å²) in [6.07, 6.45) is -4.63. The maximum Gasteiger partial charge on any atom is 0.420 e. The van der Waals surface area contributed by atoms with Crippen molar-refractivity contribution in [3.8, 4) is 0 Å². The van der Waals surface area contributed by atoms with Crippen LogP contribution in [-0.2, 0) is 22.3 Å². The molecular weight excluding hydrogens is 403 g/mol. The van der Waals surface area contributed by atoms with Crippen molar-refractivity contribution in [2.45, 2.75) is 19.6 Å². The Morgan fingerprint density at radius 2 is 1.77 bits per heavy atom. The van der Waals surface area contributed by atoms with Gasteiger partial charge in [-0.15, -0.1) is 0 Å². The Bertz CT molecular complexity index is 1130. The third-order valence-corrected chi connectivity index (χ3v) is 4.44. The lowest BCUT2D eigenvalue weighted by Gasteiger charge is -2.21. The Kier molecular flexibility index (Phi) is 5.95. The summed E-state index contributed by atoms with van der Waals surface area (Å²) in [6.45, 7) is 0.908. The molecule has 0 saturated carbocycles. The second-order valence-electron chi connectivity index (χ2n) is 6.42. The van der Waals surface area contributed by atoms with E-state index >= 15 is 0 Å². The number of benzene rings is 2. The summed E-state index contributed by atoms with van der Waals surface area (Å²) in [6, 6.07) is 11.1. The summed E-state index contributed by atoms with van der Waals surface area (Å²) >= 11 is 0. The minimum Gasteiger partial charge on any atom is -0.408 e. The zero-order valence-corrected chi connectivity index (χ0v) is 15.9. The summed E-state index contributed by atoms with van der Waals surface area (Å²) in [5.41, 5.74) is -0.630. The van der Waals surface area contributed by atoms with Gasteiger partial charge in [-0.1, -0.05) is 24.3 Å². The van der Waals surface area contributed by atoms with Crippen LogP contribution in [0, 0.1) is 0 Å². The van der Waals surface area contributed by atoms with Gasteiger partial charge in [0.05, 0.1) is 23.3 Å². The van der Waals surface area contributed by atoms with Gasteiger partial charge in [-0.2, -0.15) is 13.2 Å². The number of nitrogens with zero attached hydrogens (tertiary/aromatic N) is 2. The summed E-state index contributed by atoms with van der Waals surface area (Å²) in [7, 11) is 0. The average Bonchev–Trinajstić information content (AvgIpc) is 3.01. The van der Waals surface area contributed by atoms with Crippen LogP contribution in [0.15, 0.2) is 57.7 Å². The number of halogens is 3. The first-order valence-corrected chi connectivity index (χ1v) is 9.03. The molecule has 1 heterocycles. The Morgan fingerprint density at radius 3 is 2.47 bits per heavy atom.